The summed E-state index contributed by atoms with van der Waals surface area (Å²) in [6.07, 6.45) is 1.37. The molecule has 1 atom stereocenters. The summed E-state index contributed by atoms with van der Waals surface area (Å²) in [6, 6.07) is 3.06. The molecule has 7 nitrogen and oxygen atoms in total. The molecule has 1 aromatic carbocycles. The van der Waals surface area contributed by atoms with Gasteiger partial charge in [-0.2, -0.15) is 5.10 Å². The number of hydrogen-bond donors (Lipinski definition) is 2. The van der Waals surface area contributed by atoms with E-state index < -0.39 is 23.7 Å². The molecule has 0 bridgehead atoms. The van der Waals surface area contributed by atoms with E-state index in [0.29, 0.717) is 6.42 Å². The molecule has 1 aromatic heterocycles. The van der Waals surface area contributed by atoms with Gasteiger partial charge in [-0.3, -0.25) is 5.10 Å². The lowest BCUT2D eigenvalue weighted by molar-refractivity contribution is -0.143. The SMILES string of the molecule is COC(=O)C(Cc1cc(C)c2[nH]ncc2c1)NC(=O)OC(C)(C)C. The number of aromatic amines is 1. The molecule has 0 spiro atoms. The fourth-order valence-corrected chi connectivity index (χ4v) is 2.45. The summed E-state index contributed by atoms with van der Waals surface area (Å²) in [7, 11) is 1.29. The zero-order valence-electron chi connectivity index (χ0n) is 14.6. The standard InChI is InChI=1S/C17H23N3O4/c1-10-6-11(7-12-9-18-20-14(10)12)8-13(15(21)23-5)19-16(22)24-17(2,3)4/h6-7,9,13H,8H2,1-5H3,(H,18,20)(H,19,22). The Bertz CT molecular complexity index is 746. The fraction of sp³-hybridized carbons (Fsp3) is 0.471. The van der Waals surface area contributed by atoms with Crippen LogP contribution in [0.3, 0.4) is 0 Å². The molecule has 0 aliphatic rings. The van der Waals surface area contributed by atoms with Crippen molar-refractivity contribution in [2.24, 2.45) is 0 Å². The van der Waals surface area contributed by atoms with Crippen LogP contribution in [0.15, 0.2) is 18.3 Å². The maximum Gasteiger partial charge on any atom is 0.408 e. The van der Waals surface area contributed by atoms with Crippen LogP contribution in [0.1, 0.15) is 31.9 Å². The maximum atomic E-state index is 12.0. The first-order chi connectivity index (χ1) is 11.2. The highest BCUT2D eigenvalue weighted by molar-refractivity contribution is 5.84. The Morgan fingerprint density at radius 3 is 2.67 bits per heavy atom. The van der Waals surface area contributed by atoms with Crippen LogP contribution in [0.4, 0.5) is 4.79 Å². The number of nitrogens with one attached hydrogen (secondary N) is 2. The fourth-order valence-electron chi connectivity index (χ4n) is 2.45. The summed E-state index contributed by atoms with van der Waals surface area (Å²) in [5.41, 5.74) is 2.22. The summed E-state index contributed by atoms with van der Waals surface area (Å²) in [5, 5.41) is 10.5. The number of alkyl carbamates (subject to hydrolysis) is 1. The van der Waals surface area contributed by atoms with Crippen LogP contribution in [0.25, 0.3) is 10.9 Å². The predicted molar refractivity (Wildman–Crippen MR) is 89.7 cm³/mol. The van der Waals surface area contributed by atoms with Crippen molar-refractivity contribution >= 4 is 23.0 Å². The van der Waals surface area contributed by atoms with Crippen molar-refractivity contribution in [2.45, 2.75) is 45.8 Å². The lowest BCUT2D eigenvalue weighted by Crippen LogP contribution is -2.45. The van der Waals surface area contributed by atoms with E-state index >= 15 is 0 Å². The number of carbonyl (C=O) groups is 2. The first-order valence-electron chi connectivity index (χ1n) is 7.69. The van der Waals surface area contributed by atoms with Crippen LogP contribution in [0.2, 0.25) is 0 Å². The summed E-state index contributed by atoms with van der Waals surface area (Å²) in [6.45, 7) is 7.24. The van der Waals surface area contributed by atoms with Gasteiger partial charge in [-0.1, -0.05) is 6.07 Å². The van der Waals surface area contributed by atoms with Gasteiger partial charge in [0.1, 0.15) is 11.6 Å². The highest BCUT2D eigenvalue weighted by Crippen LogP contribution is 2.19. The minimum atomic E-state index is -0.825. The van der Waals surface area contributed by atoms with E-state index in [-0.39, 0.29) is 0 Å². The zero-order valence-corrected chi connectivity index (χ0v) is 14.6. The number of rotatable bonds is 4. The molecule has 1 unspecified atom stereocenters. The van der Waals surface area contributed by atoms with Crippen LogP contribution in [0.5, 0.6) is 0 Å². The first kappa shape index (κ1) is 17.8. The van der Waals surface area contributed by atoms with Crippen molar-refractivity contribution in [3.8, 4) is 0 Å². The lowest BCUT2D eigenvalue weighted by atomic mass is 10.0. The first-order valence-corrected chi connectivity index (χ1v) is 7.69. The van der Waals surface area contributed by atoms with Crippen molar-refractivity contribution < 1.29 is 19.1 Å². The Balaban J connectivity index is 2.18. The minimum Gasteiger partial charge on any atom is -0.467 e. The third kappa shape index (κ3) is 4.47. The highest BCUT2D eigenvalue weighted by Gasteiger charge is 2.25. The van der Waals surface area contributed by atoms with Gasteiger partial charge in [0, 0.05) is 11.8 Å². The minimum absolute atomic E-state index is 0.299. The predicted octanol–water partition coefficient (Wildman–Crippen LogP) is 2.48. The molecule has 0 radical (unpaired) electrons. The number of ether oxygens (including phenoxy) is 2. The second-order valence-electron chi connectivity index (χ2n) is 6.67. The number of carbonyl (C=O) groups excluding carboxylic acids is 2. The van der Waals surface area contributed by atoms with Crippen LogP contribution in [0, 0.1) is 6.92 Å². The van der Waals surface area contributed by atoms with E-state index in [1.54, 1.807) is 27.0 Å². The number of fused-ring (bicyclic) bond motifs is 1. The van der Waals surface area contributed by atoms with Crippen molar-refractivity contribution in [2.75, 3.05) is 7.11 Å². The molecule has 24 heavy (non-hydrogen) atoms. The largest absolute Gasteiger partial charge is 0.467 e. The Labute approximate surface area is 140 Å². The van der Waals surface area contributed by atoms with E-state index in [9.17, 15) is 9.59 Å². The third-order valence-corrected chi connectivity index (χ3v) is 3.42. The molecule has 0 aliphatic heterocycles. The molecule has 2 rings (SSSR count). The number of hydrogen-bond acceptors (Lipinski definition) is 5. The Hall–Kier alpha value is -2.57. The Kier molecular flexibility index (Phi) is 5.11. The molecule has 0 saturated carbocycles. The van der Waals surface area contributed by atoms with E-state index in [1.807, 2.05) is 19.1 Å². The molecule has 2 aromatic rings. The molecule has 0 saturated heterocycles. The molecule has 130 valence electrons. The van der Waals surface area contributed by atoms with Gasteiger partial charge in [-0.05, 0) is 44.9 Å². The number of aryl methyl sites for hydroxylation is 1. The number of amides is 1. The van der Waals surface area contributed by atoms with Gasteiger partial charge in [0.25, 0.3) is 0 Å². The van der Waals surface area contributed by atoms with Gasteiger partial charge in [-0.15, -0.1) is 0 Å². The van der Waals surface area contributed by atoms with Crippen LogP contribution >= 0.6 is 0 Å². The number of esters is 1. The molecular weight excluding hydrogens is 310 g/mol. The number of nitrogens with zero attached hydrogens (tertiary/aromatic N) is 1. The molecule has 0 aliphatic carbocycles. The average Bonchev–Trinajstić information content (AvgIpc) is 2.92. The van der Waals surface area contributed by atoms with E-state index in [2.05, 4.69) is 15.5 Å². The summed E-state index contributed by atoms with van der Waals surface area (Å²) in [4.78, 5) is 24.0. The lowest BCUT2D eigenvalue weighted by Gasteiger charge is -2.22. The van der Waals surface area contributed by atoms with E-state index in [1.165, 1.54) is 7.11 Å². The molecule has 1 heterocycles. The summed E-state index contributed by atoms with van der Waals surface area (Å²) in [5.74, 6) is -0.522. The van der Waals surface area contributed by atoms with Crippen LogP contribution in [-0.4, -0.2) is 41.0 Å². The zero-order chi connectivity index (χ0) is 17.9. The maximum absolute atomic E-state index is 12.0. The van der Waals surface area contributed by atoms with Crippen LogP contribution < -0.4 is 5.32 Å². The monoisotopic (exact) mass is 333 g/mol. The number of methoxy groups -OCH3 is 1. The number of benzene rings is 1. The topological polar surface area (TPSA) is 93.3 Å². The van der Waals surface area contributed by atoms with Crippen molar-refractivity contribution in [3.05, 3.63) is 29.5 Å². The second kappa shape index (κ2) is 6.90. The molecule has 0 fully saturated rings. The molecule has 1 amide bonds. The normalized spacial score (nSPS) is 12.7. The summed E-state index contributed by atoms with van der Waals surface area (Å²) < 4.78 is 10.00. The second-order valence-corrected chi connectivity index (χ2v) is 6.67. The van der Waals surface area contributed by atoms with E-state index in [4.69, 9.17) is 9.47 Å². The smallest absolute Gasteiger partial charge is 0.408 e. The highest BCUT2D eigenvalue weighted by atomic mass is 16.6. The van der Waals surface area contributed by atoms with Crippen LogP contribution in [-0.2, 0) is 20.7 Å². The molecule has 7 heteroatoms. The Morgan fingerprint density at radius 2 is 2.04 bits per heavy atom. The molecular formula is C17H23N3O4. The summed E-state index contributed by atoms with van der Waals surface area (Å²) >= 11 is 0. The third-order valence-electron chi connectivity index (χ3n) is 3.42. The molecule has 2 N–H and O–H groups in total. The number of H-pyrrole nitrogens is 1. The van der Waals surface area contributed by atoms with Gasteiger partial charge in [-0.25, -0.2) is 9.59 Å². The van der Waals surface area contributed by atoms with E-state index in [0.717, 1.165) is 22.0 Å². The average molecular weight is 333 g/mol. The quantitative estimate of drug-likeness (QED) is 0.839. The van der Waals surface area contributed by atoms with Gasteiger partial charge < -0.3 is 14.8 Å². The number of aromatic nitrogens is 2. The van der Waals surface area contributed by atoms with Crippen molar-refractivity contribution in [1.82, 2.24) is 15.5 Å². The van der Waals surface area contributed by atoms with Gasteiger partial charge in [0.15, 0.2) is 0 Å². The van der Waals surface area contributed by atoms with Gasteiger partial charge >= 0.3 is 12.1 Å². The van der Waals surface area contributed by atoms with Gasteiger partial charge in [0.05, 0.1) is 18.8 Å². The van der Waals surface area contributed by atoms with Gasteiger partial charge in [0.2, 0.25) is 0 Å². The van der Waals surface area contributed by atoms with Crippen molar-refractivity contribution in [3.63, 3.8) is 0 Å². The Morgan fingerprint density at radius 1 is 1.33 bits per heavy atom. The van der Waals surface area contributed by atoms with Crippen molar-refractivity contribution in [1.29, 1.82) is 0 Å².